The lowest BCUT2D eigenvalue weighted by Gasteiger charge is -2.43. The van der Waals surface area contributed by atoms with Gasteiger partial charge in [0.05, 0.1) is 15.6 Å². The molecule has 3 aliphatic heterocycles. The van der Waals surface area contributed by atoms with Gasteiger partial charge in [0, 0.05) is 165 Å². The number of rotatable bonds is 24. The van der Waals surface area contributed by atoms with E-state index in [4.69, 9.17) is 23.2 Å². The van der Waals surface area contributed by atoms with Gasteiger partial charge in [-0.2, -0.15) is 13.2 Å². The van der Waals surface area contributed by atoms with Gasteiger partial charge in [0.1, 0.15) is 0 Å². The van der Waals surface area contributed by atoms with E-state index in [-0.39, 0.29) is 11.7 Å². The number of carbonyl (C=O) groups is 1. The number of hydrogen-bond acceptors (Lipinski definition) is 10. The van der Waals surface area contributed by atoms with Crippen LogP contribution in [0.3, 0.4) is 0 Å². The minimum atomic E-state index is -4.28. The fraction of sp³-hybridized carbons (Fsp3) is 0.463. The molecule has 7 aromatic carbocycles. The molecular weight excluding hydrogens is 1260 g/mol. The van der Waals surface area contributed by atoms with E-state index in [1.807, 2.05) is 44.2 Å². The molecule has 4 N–H and O–H groups in total. The van der Waals surface area contributed by atoms with Crippen molar-refractivity contribution in [3.8, 4) is 0 Å². The molecule has 12 nitrogen and oxygen atoms in total. The Morgan fingerprint density at radius 3 is 1.53 bits per heavy atom. The summed E-state index contributed by atoms with van der Waals surface area (Å²) in [5, 5.41) is 14.5. The van der Waals surface area contributed by atoms with Crippen LogP contribution in [-0.4, -0.2) is 163 Å². The number of alkyl halides is 3. The van der Waals surface area contributed by atoms with E-state index in [1.165, 1.54) is 72.3 Å². The Hall–Kier alpha value is -6.66. The molecule has 2 amide bonds. The molecule has 3 heterocycles. The summed E-state index contributed by atoms with van der Waals surface area (Å²) in [6, 6.07) is 60.4. The molecule has 7 aromatic rings. The highest BCUT2D eigenvalue weighted by Gasteiger charge is 2.32. The lowest BCUT2D eigenvalue weighted by atomic mass is 9.93. The summed E-state index contributed by atoms with van der Waals surface area (Å²) in [6.45, 7) is 25.2. The number of amides is 2. The van der Waals surface area contributed by atoms with Gasteiger partial charge in [-0.1, -0.05) is 166 Å². The molecule has 0 aromatic heterocycles. The van der Waals surface area contributed by atoms with Crippen LogP contribution in [0.15, 0.2) is 176 Å². The zero-order chi connectivity index (χ0) is 68.5. The van der Waals surface area contributed by atoms with Gasteiger partial charge >= 0.3 is 12.2 Å². The van der Waals surface area contributed by atoms with E-state index >= 15 is 0 Å². The third-order valence-electron chi connectivity index (χ3n) is 19.5. The molecule has 11 rings (SSSR count). The zero-order valence-corrected chi connectivity index (χ0v) is 59.7. The van der Waals surface area contributed by atoms with Gasteiger partial charge in [0.2, 0.25) is 0 Å². The number of piperazine rings is 3. The van der Waals surface area contributed by atoms with Crippen molar-refractivity contribution in [1.82, 2.24) is 35.6 Å². The van der Waals surface area contributed by atoms with E-state index in [0.29, 0.717) is 40.6 Å². The maximum absolute atomic E-state index is 12.8. The monoisotopic (exact) mass is 1370 g/mol. The maximum Gasteiger partial charge on any atom is 0.416 e. The highest BCUT2D eigenvalue weighted by atomic mass is 35.5. The van der Waals surface area contributed by atoms with Crippen molar-refractivity contribution >= 4 is 52.0 Å². The number of aryl methyl sites for hydroxylation is 2. The summed E-state index contributed by atoms with van der Waals surface area (Å²) in [6.07, 6.45) is 5.39. The second kappa shape index (κ2) is 38.1. The molecular formula is C80H114Cl2F3N11O. The van der Waals surface area contributed by atoms with E-state index < -0.39 is 11.7 Å². The first-order valence-electron chi connectivity index (χ1n) is 35.5. The molecule has 4 fully saturated rings. The van der Waals surface area contributed by atoms with E-state index in [9.17, 15) is 18.0 Å². The molecule has 0 bridgehead atoms. The predicted molar refractivity (Wildman–Crippen MR) is 409 cm³/mol. The van der Waals surface area contributed by atoms with E-state index in [2.05, 4.69) is 205 Å². The molecule has 3 unspecified atom stereocenters. The van der Waals surface area contributed by atoms with Crippen molar-refractivity contribution in [2.45, 2.75) is 109 Å². The Morgan fingerprint density at radius 2 is 1.03 bits per heavy atom. The van der Waals surface area contributed by atoms with Gasteiger partial charge in [0.15, 0.2) is 0 Å². The van der Waals surface area contributed by atoms with Crippen molar-refractivity contribution < 1.29 is 23.7 Å². The van der Waals surface area contributed by atoms with E-state index in [0.717, 1.165) is 158 Å². The van der Waals surface area contributed by atoms with Gasteiger partial charge < -0.3 is 36.0 Å². The number of carbonyl (C=O) groups excluding carboxylic acids is 1. The van der Waals surface area contributed by atoms with Crippen LogP contribution >= 0.6 is 23.2 Å². The molecule has 4 aliphatic rings. The molecule has 3 saturated heterocycles. The van der Waals surface area contributed by atoms with Crippen LogP contribution in [0.2, 0.25) is 10.0 Å². The smallest absolute Gasteiger partial charge is 0.378 e. The highest BCUT2D eigenvalue weighted by Crippen LogP contribution is 2.32. The van der Waals surface area contributed by atoms with Crippen LogP contribution in [0.25, 0.3) is 0 Å². The average molecular weight is 1370 g/mol. The number of benzene rings is 7. The SMILES string of the molecule is CN(C)c1ccc(CCNCC(c2ccccc2)N2CCN(c3ccccc3)CC2)cc1.Cc1cc(C)cc(NC(=O)NCC(CC(C)C)N2CCN(c3ccc(Cl)c(Cl)c3)CC2)c1.FC(F)(F)c1ccc(CCNCC(c2ccccc2)N2CCN(C3CCCCC3)CC2)cc1.[HH].[HH].[HH].[HH]. The second-order valence-corrected chi connectivity index (χ2v) is 28.2. The van der Waals surface area contributed by atoms with E-state index in [1.54, 1.807) is 12.1 Å². The Balaban J connectivity index is 0.000000268. The topological polar surface area (TPSA) is 87.9 Å². The van der Waals surface area contributed by atoms with Gasteiger partial charge in [-0.25, -0.2) is 4.79 Å². The van der Waals surface area contributed by atoms with Crippen LogP contribution < -0.4 is 36.0 Å². The minimum absolute atomic E-state index is 0. The summed E-state index contributed by atoms with van der Waals surface area (Å²) in [4.78, 5) is 30.0. The maximum atomic E-state index is 12.8. The molecule has 17 heteroatoms. The number of hydrogen-bond donors (Lipinski definition) is 4. The second-order valence-electron chi connectivity index (χ2n) is 27.4. The normalized spacial score (nSPS) is 17.1. The molecule has 0 spiro atoms. The van der Waals surface area contributed by atoms with Crippen molar-refractivity contribution in [3.05, 3.63) is 225 Å². The number of nitrogens with one attached hydrogen (secondary N) is 4. The first-order valence-corrected chi connectivity index (χ1v) is 36.2. The van der Waals surface area contributed by atoms with Crippen LogP contribution in [0.5, 0.6) is 0 Å². The standard InChI is InChI=1S/C28H36N4.C27H36F3N3.C25H34Cl2N4O.4H2/c1-30(2)26-15-13-24(14-16-26)17-18-29-23-28(25-9-5-3-6-10-25)32-21-19-31(20-22-32)27-11-7-4-8-12-27;28-27(29,30)24-13-11-22(12-14-24)15-16-31-21-26(23-7-3-1-4-8-23)33-19-17-32(18-20-33)25-9-5-2-6-10-25;1-17(2)11-22(16-28-25(32)29-20-13-18(3)12-19(4)14-20)31-9-7-30(8-10-31)21-5-6-23(26)24(27)15-21;;;;/h3-16,28-29H,17-23H2,1-2H3;1,3-4,7-8,11-14,25-26,31H,2,5-6,9-10,15-21H2;5-6,12-15,17,22H,7-11,16H2,1-4H3,(H2,28,29,32);4*1H. The Kier molecular flexibility index (Phi) is 29.3. The third-order valence-corrected chi connectivity index (χ3v) is 20.3. The fourth-order valence-electron chi connectivity index (χ4n) is 14.2. The van der Waals surface area contributed by atoms with Crippen molar-refractivity contribution in [3.63, 3.8) is 0 Å². The summed E-state index contributed by atoms with van der Waals surface area (Å²) >= 11 is 12.3. The largest absolute Gasteiger partial charge is 0.416 e. The zero-order valence-electron chi connectivity index (χ0n) is 58.2. The number of anilines is 4. The van der Waals surface area contributed by atoms with Gasteiger partial charge in [-0.05, 0) is 165 Å². The summed E-state index contributed by atoms with van der Waals surface area (Å²) < 4.78 is 38.3. The number of urea groups is 1. The van der Waals surface area contributed by atoms with Gasteiger partial charge in [0.25, 0.3) is 0 Å². The summed E-state index contributed by atoms with van der Waals surface area (Å²) in [7, 11) is 4.17. The average Bonchev–Trinajstić information content (AvgIpc) is 0.843. The van der Waals surface area contributed by atoms with Crippen molar-refractivity contribution in [2.75, 3.05) is 145 Å². The molecule has 1 saturated carbocycles. The lowest BCUT2D eigenvalue weighted by Crippen LogP contribution is -2.54. The quantitative estimate of drug-likeness (QED) is 0.0439. The molecule has 530 valence electrons. The van der Waals surface area contributed by atoms with Crippen molar-refractivity contribution in [2.24, 2.45) is 5.92 Å². The van der Waals surface area contributed by atoms with Crippen LogP contribution in [-0.2, 0) is 19.0 Å². The number of halogens is 5. The number of para-hydroxylation sites is 1. The van der Waals surface area contributed by atoms with Gasteiger partial charge in [-0.15, -0.1) is 0 Å². The molecule has 1 aliphatic carbocycles. The minimum Gasteiger partial charge on any atom is -0.378 e. The first kappa shape index (κ1) is 74.6. The van der Waals surface area contributed by atoms with Gasteiger partial charge in [-0.3, -0.25) is 19.6 Å². The molecule has 3 atom stereocenters. The molecule has 97 heavy (non-hydrogen) atoms. The molecule has 0 radical (unpaired) electrons. The third kappa shape index (κ3) is 23.8. The Morgan fingerprint density at radius 1 is 0.546 bits per heavy atom. The summed E-state index contributed by atoms with van der Waals surface area (Å²) in [5.74, 6) is 0.553. The lowest BCUT2D eigenvalue weighted by molar-refractivity contribution is -0.137. The fourth-order valence-corrected chi connectivity index (χ4v) is 14.5. The van der Waals surface area contributed by atoms with Crippen molar-refractivity contribution in [1.29, 1.82) is 0 Å². The summed E-state index contributed by atoms with van der Waals surface area (Å²) in [5.41, 5.74) is 11.2. The van der Waals surface area contributed by atoms with Crippen LogP contribution in [0, 0.1) is 19.8 Å². The Bertz CT molecular complexity index is 3400. The Labute approximate surface area is 593 Å². The van der Waals surface area contributed by atoms with Crippen LogP contribution in [0.4, 0.5) is 40.7 Å². The number of nitrogens with zero attached hydrogens (tertiary/aromatic N) is 7. The predicted octanol–water partition coefficient (Wildman–Crippen LogP) is 16.9. The first-order chi connectivity index (χ1) is 46.9. The highest BCUT2D eigenvalue weighted by molar-refractivity contribution is 6.42. The van der Waals surface area contributed by atoms with Crippen LogP contribution in [0.1, 0.15) is 109 Å².